The maximum Gasteiger partial charge on any atom is 0.312 e. The van der Waals surface area contributed by atoms with E-state index in [-0.39, 0.29) is 21.2 Å². The Kier molecular flexibility index (Phi) is 5.80. The molecule has 0 bridgehead atoms. The number of rotatable bonds is 7. The van der Waals surface area contributed by atoms with Gasteiger partial charge in [0.25, 0.3) is 15.8 Å². The van der Waals surface area contributed by atoms with Crippen molar-refractivity contribution in [2.24, 2.45) is 0 Å². The fourth-order valence-corrected chi connectivity index (χ4v) is 3.48. The topological polar surface area (TPSA) is 98.5 Å². The summed E-state index contributed by atoms with van der Waals surface area (Å²) in [7, 11) is -2.87. The lowest BCUT2D eigenvalue weighted by Gasteiger charge is -2.10. The van der Waals surface area contributed by atoms with Gasteiger partial charge in [-0.25, -0.2) is 8.42 Å². The first-order valence-electron chi connectivity index (χ1n) is 6.63. The first-order valence-corrected chi connectivity index (χ1v) is 8.99. The van der Waals surface area contributed by atoms with Crippen LogP contribution in [0.3, 0.4) is 0 Å². The van der Waals surface area contributed by atoms with E-state index in [9.17, 15) is 27.3 Å². The van der Waals surface area contributed by atoms with E-state index in [1.54, 1.807) is 0 Å². The Hall–Kier alpha value is -2.40. The summed E-state index contributed by atoms with van der Waals surface area (Å²) in [4.78, 5) is 10.2. The molecule has 2 aromatic carbocycles. The van der Waals surface area contributed by atoms with Crippen LogP contribution in [-0.4, -0.2) is 26.2 Å². The molecular weight excluding hydrogens is 378 g/mol. The largest absolute Gasteiger partial charge is 0.490 e. The van der Waals surface area contributed by atoms with Crippen molar-refractivity contribution in [3.05, 3.63) is 52.6 Å². The number of methoxy groups -OCH3 is 1. The van der Waals surface area contributed by atoms with Gasteiger partial charge >= 0.3 is 5.69 Å². The summed E-state index contributed by atoms with van der Waals surface area (Å²) in [6.07, 6.45) is 0. The van der Waals surface area contributed by atoms with E-state index >= 15 is 0 Å². The fourth-order valence-electron chi connectivity index (χ4n) is 1.90. The lowest BCUT2D eigenvalue weighted by Crippen LogP contribution is -2.13. The predicted molar refractivity (Wildman–Crippen MR) is 88.8 cm³/mol. The smallest absolute Gasteiger partial charge is 0.312 e. The molecule has 2 rings (SSSR count). The number of anilines is 1. The molecule has 0 aliphatic rings. The third-order valence-corrected chi connectivity index (χ3v) is 5.09. The van der Waals surface area contributed by atoms with Crippen LogP contribution in [0.15, 0.2) is 52.3 Å². The highest BCUT2D eigenvalue weighted by Crippen LogP contribution is 2.31. The van der Waals surface area contributed by atoms with Crippen LogP contribution in [-0.2, 0) is 10.0 Å². The van der Waals surface area contributed by atoms with Crippen LogP contribution in [0.2, 0.25) is 0 Å². The molecule has 0 unspecified atom stereocenters. The Balaban J connectivity index is 2.27. The third kappa shape index (κ3) is 4.79. The molecule has 0 heterocycles. The maximum atomic E-state index is 12.3. The zero-order chi connectivity index (χ0) is 18.6. The monoisotopic (exact) mass is 390 g/mol. The number of ether oxygens (including phenoxy) is 1. The minimum absolute atomic E-state index is 0.0719. The van der Waals surface area contributed by atoms with Gasteiger partial charge in [-0.15, -0.1) is 0 Å². The molecule has 0 fully saturated rings. The molecule has 0 spiro atoms. The lowest BCUT2D eigenvalue weighted by atomic mass is 10.3. The van der Waals surface area contributed by atoms with Gasteiger partial charge < -0.3 is 4.74 Å². The Morgan fingerprint density at radius 3 is 2.36 bits per heavy atom. The molecule has 0 amide bonds. The van der Waals surface area contributed by atoms with Gasteiger partial charge in [0.15, 0.2) is 5.75 Å². The Bertz CT molecular complexity index is 873. The van der Waals surface area contributed by atoms with Crippen LogP contribution in [0, 0.1) is 10.1 Å². The number of nitro groups is 1. The van der Waals surface area contributed by atoms with Crippen LogP contribution in [0.5, 0.6) is 5.75 Å². The van der Waals surface area contributed by atoms with Crippen LogP contribution >= 0.6 is 11.8 Å². The van der Waals surface area contributed by atoms with E-state index in [0.29, 0.717) is 11.8 Å². The average Bonchev–Trinajstić information content (AvgIpc) is 2.55. The highest BCUT2D eigenvalue weighted by atomic mass is 32.2. The Morgan fingerprint density at radius 2 is 1.84 bits per heavy atom. The van der Waals surface area contributed by atoms with Crippen LogP contribution in [0.25, 0.3) is 0 Å². The normalized spacial score (nSPS) is 11.4. The standard InChI is InChI=1S/C14H12F2N2O5S2/c1-23-13-7-6-11(8-12(13)18(19)20)25(21,22)17-9-2-4-10(5-3-9)24-14(15)16/h2-8,14,17H,1H3. The molecule has 25 heavy (non-hydrogen) atoms. The highest BCUT2D eigenvalue weighted by Gasteiger charge is 2.22. The lowest BCUT2D eigenvalue weighted by molar-refractivity contribution is -0.386. The number of thioether (sulfide) groups is 1. The summed E-state index contributed by atoms with van der Waals surface area (Å²) >= 11 is 0.331. The van der Waals surface area contributed by atoms with Gasteiger partial charge in [0.2, 0.25) is 0 Å². The van der Waals surface area contributed by atoms with Crippen molar-refractivity contribution in [3.8, 4) is 5.75 Å². The quantitative estimate of drug-likeness (QED) is 0.440. The predicted octanol–water partition coefficient (Wildman–Crippen LogP) is 3.72. The number of alkyl halides is 2. The molecule has 7 nitrogen and oxygen atoms in total. The molecule has 0 aliphatic carbocycles. The van der Waals surface area contributed by atoms with E-state index in [4.69, 9.17) is 4.74 Å². The van der Waals surface area contributed by atoms with Crippen molar-refractivity contribution < 1.29 is 26.9 Å². The number of sulfonamides is 1. The number of nitrogens with one attached hydrogen (secondary N) is 1. The van der Waals surface area contributed by atoms with Gasteiger partial charge in [0.05, 0.1) is 16.9 Å². The summed E-state index contributed by atoms with van der Waals surface area (Å²) in [6, 6.07) is 8.53. The van der Waals surface area contributed by atoms with E-state index in [0.717, 1.165) is 12.1 Å². The van der Waals surface area contributed by atoms with Gasteiger partial charge in [0, 0.05) is 16.6 Å². The van der Waals surface area contributed by atoms with Crippen molar-refractivity contribution in [1.29, 1.82) is 0 Å². The van der Waals surface area contributed by atoms with Gasteiger partial charge in [-0.2, -0.15) is 8.78 Å². The van der Waals surface area contributed by atoms with E-state index in [2.05, 4.69) is 4.72 Å². The molecule has 0 aromatic heterocycles. The van der Waals surface area contributed by atoms with Crippen molar-refractivity contribution in [1.82, 2.24) is 0 Å². The number of nitro benzene ring substituents is 1. The van der Waals surface area contributed by atoms with Gasteiger partial charge in [-0.3, -0.25) is 14.8 Å². The SMILES string of the molecule is COc1ccc(S(=O)(=O)Nc2ccc(SC(F)F)cc2)cc1[N+](=O)[O-]. The van der Waals surface area contributed by atoms with Gasteiger partial charge in [-0.05, 0) is 36.4 Å². The molecule has 0 saturated carbocycles. The first kappa shape index (κ1) is 18.9. The molecular formula is C14H12F2N2O5S2. The fraction of sp³-hybridized carbons (Fsp3) is 0.143. The number of benzene rings is 2. The van der Waals surface area contributed by atoms with E-state index < -0.39 is 26.4 Å². The molecule has 0 radical (unpaired) electrons. The summed E-state index contributed by atoms with van der Waals surface area (Å²) < 4.78 is 56.3. The molecule has 2 aromatic rings. The summed E-state index contributed by atoms with van der Waals surface area (Å²) in [5.41, 5.74) is -0.355. The van der Waals surface area contributed by atoms with Crippen molar-refractivity contribution >= 4 is 33.2 Å². The number of halogens is 2. The molecule has 134 valence electrons. The van der Waals surface area contributed by atoms with Gasteiger partial charge in [0.1, 0.15) is 0 Å². The van der Waals surface area contributed by atoms with E-state index in [1.165, 1.54) is 37.4 Å². The minimum atomic E-state index is -4.10. The van der Waals surface area contributed by atoms with Crippen molar-refractivity contribution in [3.63, 3.8) is 0 Å². The summed E-state index contributed by atoms with van der Waals surface area (Å²) in [5, 5.41) is 11.0. The molecule has 0 aliphatic heterocycles. The zero-order valence-corrected chi connectivity index (χ0v) is 14.3. The zero-order valence-electron chi connectivity index (χ0n) is 12.7. The second-order valence-electron chi connectivity index (χ2n) is 4.60. The van der Waals surface area contributed by atoms with Crippen LogP contribution in [0.1, 0.15) is 0 Å². The number of nitrogens with zero attached hydrogens (tertiary/aromatic N) is 1. The molecule has 11 heteroatoms. The number of hydrogen-bond donors (Lipinski definition) is 1. The molecule has 0 saturated heterocycles. The number of hydrogen-bond acceptors (Lipinski definition) is 6. The Morgan fingerprint density at radius 1 is 1.20 bits per heavy atom. The minimum Gasteiger partial charge on any atom is -0.490 e. The van der Waals surface area contributed by atoms with Crippen LogP contribution < -0.4 is 9.46 Å². The maximum absolute atomic E-state index is 12.3. The van der Waals surface area contributed by atoms with Gasteiger partial charge in [-0.1, -0.05) is 11.8 Å². The Labute approximate surface area is 146 Å². The second kappa shape index (κ2) is 7.66. The molecule has 1 N–H and O–H groups in total. The molecule has 0 atom stereocenters. The average molecular weight is 390 g/mol. The van der Waals surface area contributed by atoms with Crippen molar-refractivity contribution in [2.75, 3.05) is 11.8 Å². The highest BCUT2D eigenvalue weighted by molar-refractivity contribution is 7.99. The summed E-state index contributed by atoms with van der Waals surface area (Å²) in [5.74, 6) is -2.65. The third-order valence-electron chi connectivity index (χ3n) is 2.99. The second-order valence-corrected chi connectivity index (χ2v) is 7.35. The van der Waals surface area contributed by atoms with E-state index in [1.807, 2.05) is 0 Å². The first-order chi connectivity index (χ1) is 11.7. The van der Waals surface area contributed by atoms with Crippen LogP contribution in [0.4, 0.5) is 20.2 Å². The summed E-state index contributed by atoms with van der Waals surface area (Å²) in [6.45, 7) is 0. The van der Waals surface area contributed by atoms with Crippen molar-refractivity contribution in [2.45, 2.75) is 15.5 Å².